The van der Waals surface area contributed by atoms with E-state index in [-0.39, 0.29) is 36.9 Å². The van der Waals surface area contributed by atoms with Crippen molar-refractivity contribution in [1.29, 1.82) is 0 Å². The third kappa shape index (κ3) is 6.63. The Kier molecular flexibility index (Phi) is 7.99. The largest absolute Gasteiger partial charge is 0.417 e. The second kappa shape index (κ2) is 10.9. The topological polar surface area (TPSA) is 139 Å². The molecule has 0 saturated heterocycles. The molecule has 4 rings (SSSR count). The normalized spacial score (nSPS) is 12.6. The molecule has 0 radical (unpaired) electrons. The number of fused-ring (bicyclic) bond motifs is 1. The number of aromatic amines is 1. The van der Waals surface area contributed by atoms with Gasteiger partial charge in [-0.1, -0.05) is 19.3 Å². The summed E-state index contributed by atoms with van der Waals surface area (Å²) in [5.74, 6) is -1.71. The second-order valence-corrected chi connectivity index (χ2v) is 7.49. The summed E-state index contributed by atoms with van der Waals surface area (Å²) in [6.07, 6.45) is 3.35. The lowest BCUT2D eigenvalue weighted by Gasteiger charge is -2.21. The maximum absolute atomic E-state index is 12.7. The first kappa shape index (κ1) is 24.9. The van der Waals surface area contributed by atoms with Crippen molar-refractivity contribution < 1.29 is 27.5 Å². The highest BCUT2D eigenvalue weighted by molar-refractivity contribution is 6.40. The summed E-state index contributed by atoms with van der Waals surface area (Å²) < 4.78 is 43.1. The molecule has 13 heteroatoms. The molecule has 1 saturated carbocycles. The van der Waals surface area contributed by atoms with Crippen LogP contribution in [0, 0.1) is 0 Å². The standard InChI is InChI=1S/C18H18F3N7O3.C3H6/c1-31-5-4-28(9-11-3-2-10(6-23-11)18(19,20)21)17(30)16(29)26-13-8-24-15(22)12-7-25-27-14(12)13;1-2-3-1/h2-3,6-8H,4-5,9H2,1H3,(H2,22,24)(H,25,27)(H,26,29);1-3H2. The number of amides is 2. The van der Waals surface area contributed by atoms with E-state index >= 15 is 0 Å². The molecule has 0 bridgehead atoms. The quantitative estimate of drug-likeness (QED) is 0.462. The van der Waals surface area contributed by atoms with Crippen molar-refractivity contribution in [2.75, 3.05) is 31.3 Å². The Balaban J connectivity index is 0.000000999. The lowest BCUT2D eigenvalue weighted by molar-refractivity contribution is -0.144. The highest BCUT2D eigenvalue weighted by Gasteiger charge is 2.31. The summed E-state index contributed by atoms with van der Waals surface area (Å²) in [5, 5.41) is 9.41. The van der Waals surface area contributed by atoms with E-state index in [4.69, 9.17) is 10.5 Å². The molecule has 0 spiro atoms. The number of halogens is 3. The molecule has 10 nitrogen and oxygen atoms in total. The van der Waals surface area contributed by atoms with E-state index in [9.17, 15) is 22.8 Å². The van der Waals surface area contributed by atoms with Gasteiger partial charge in [-0.05, 0) is 12.1 Å². The van der Waals surface area contributed by atoms with E-state index in [0.717, 1.165) is 17.0 Å². The number of aromatic nitrogens is 4. The van der Waals surface area contributed by atoms with Gasteiger partial charge in [0.05, 0.1) is 53.4 Å². The van der Waals surface area contributed by atoms with Crippen molar-refractivity contribution in [2.45, 2.75) is 32.0 Å². The lowest BCUT2D eigenvalue weighted by Crippen LogP contribution is -2.41. The number of hydrogen-bond donors (Lipinski definition) is 3. The van der Waals surface area contributed by atoms with Crippen LogP contribution < -0.4 is 11.1 Å². The number of nitrogens with zero attached hydrogens (tertiary/aromatic N) is 4. The number of alkyl halides is 3. The van der Waals surface area contributed by atoms with Crippen LogP contribution >= 0.6 is 0 Å². The second-order valence-electron chi connectivity index (χ2n) is 7.49. The number of pyridine rings is 2. The molecule has 34 heavy (non-hydrogen) atoms. The Labute approximate surface area is 192 Å². The first-order valence-electron chi connectivity index (χ1n) is 10.4. The van der Waals surface area contributed by atoms with E-state index in [1.165, 1.54) is 38.8 Å². The summed E-state index contributed by atoms with van der Waals surface area (Å²) in [6, 6.07) is 2.00. The number of H-pyrrole nitrogens is 1. The molecule has 1 aliphatic rings. The van der Waals surface area contributed by atoms with Crippen LogP contribution in [-0.2, 0) is 27.0 Å². The highest BCUT2D eigenvalue weighted by atomic mass is 19.4. The van der Waals surface area contributed by atoms with Crippen molar-refractivity contribution in [2.24, 2.45) is 0 Å². The van der Waals surface area contributed by atoms with Gasteiger partial charge in [-0.2, -0.15) is 18.3 Å². The maximum atomic E-state index is 12.7. The van der Waals surface area contributed by atoms with Gasteiger partial charge in [0.1, 0.15) is 5.82 Å². The van der Waals surface area contributed by atoms with Crippen molar-refractivity contribution >= 4 is 34.2 Å². The minimum absolute atomic E-state index is 0.0188. The molecule has 0 atom stereocenters. The molecular formula is C21H24F3N7O3. The molecular weight excluding hydrogens is 455 g/mol. The molecule has 1 fully saturated rings. The van der Waals surface area contributed by atoms with Crippen LogP contribution in [0.5, 0.6) is 0 Å². The Morgan fingerprint density at radius 3 is 2.50 bits per heavy atom. The number of ether oxygens (including phenoxy) is 1. The minimum Gasteiger partial charge on any atom is -0.383 e. The molecule has 2 amide bonds. The van der Waals surface area contributed by atoms with Crippen molar-refractivity contribution in [3.05, 3.63) is 42.0 Å². The van der Waals surface area contributed by atoms with Crippen molar-refractivity contribution in [3.8, 4) is 0 Å². The first-order chi connectivity index (χ1) is 16.2. The van der Waals surface area contributed by atoms with Gasteiger partial charge in [-0.15, -0.1) is 0 Å². The zero-order valence-corrected chi connectivity index (χ0v) is 18.4. The van der Waals surface area contributed by atoms with Crippen molar-refractivity contribution in [3.63, 3.8) is 0 Å². The number of nitrogens with two attached hydrogens (primary N) is 1. The molecule has 3 aromatic rings. The molecule has 0 aromatic carbocycles. The SMILES string of the molecule is C1CC1.COCCN(Cc1ccc(C(F)(F)F)cn1)C(=O)C(=O)Nc1cnc(N)c2cn[nH]c12. The fraction of sp³-hybridized carbons (Fsp3) is 0.381. The van der Waals surface area contributed by atoms with Crippen LogP contribution in [0.1, 0.15) is 30.5 Å². The van der Waals surface area contributed by atoms with Gasteiger partial charge in [-0.25, -0.2) is 4.98 Å². The number of carbonyl (C=O) groups is 2. The average molecular weight is 479 g/mol. The smallest absolute Gasteiger partial charge is 0.383 e. The molecule has 3 aromatic heterocycles. The van der Waals surface area contributed by atoms with Crippen LogP contribution in [0.15, 0.2) is 30.7 Å². The van der Waals surface area contributed by atoms with E-state index < -0.39 is 23.6 Å². The van der Waals surface area contributed by atoms with Crippen LogP contribution in [0.4, 0.5) is 24.7 Å². The van der Waals surface area contributed by atoms with Gasteiger partial charge in [0.2, 0.25) is 0 Å². The number of anilines is 2. The van der Waals surface area contributed by atoms with Crippen LogP contribution in [0.2, 0.25) is 0 Å². The summed E-state index contributed by atoms with van der Waals surface area (Å²) >= 11 is 0. The molecule has 4 N–H and O–H groups in total. The summed E-state index contributed by atoms with van der Waals surface area (Å²) in [5.41, 5.74) is 5.58. The summed E-state index contributed by atoms with van der Waals surface area (Å²) in [7, 11) is 1.41. The van der Waals surface area contributed by atoms with Gasteiger partial charge in [0.25, 0.3) is 0 Å². The van der Waals surface area contributed by atoms with E-state index in [1.807, 2.05) is 0 Å². The Morgan fingerprint density at radius 1 is 1.18 bits per heavy atom. The van der Waals surface area contributed by atoms with E-state index in [0.29, 0.717) is 17.1 Å². The number of hydrogen-bond acceptors (Lipinski definition) is 7. The fourth-order valence-electron chi connectivity index (χ4n) is 2.70. The minimum atomic E-state index is -4.53. The third-order valence-electron chi connectivity index (χ3n) is 4.67. The predicted molar refractivity (Wildman–Crippen MR) is 117 cm³/mol. The monoisotopic (exact) mass is 479 g/mol. The molecule has 0 aliphatic heterocycles. The highest BCUT2D eigenvalue weighted by Crippen LogP contribution is 2.28. The third-order valence-corrected chi connectivity index (χ3v) is 4.67. The Morgan fingerprint density at radius 2 is 1.91 bits per heavy atom. The maximum Gasteiger partial charge on any atom is 0.417 e. The first-order valence-corrected chi connectivity index (χ1v) is 10.4. The zero-order valence-electron chi connectivity index (χ0n) is 18.4. The molecule has 3 heterocycles. The molecule has 182 valence electrons. The zero-order chi connectivity index (χ0) is 24.7. The molecule has 0 unspecified atom stereocenters. The van der Waals surface area contributed by atoms with E-state index in [2.05, 4.69) is 25.5 Å². The van der Waals surface area contributed by atoms with Crippen molar-refractivity contribution in [1.82, 2.24) is 25.1 Å². The number of carbonyl (C=O) groups excluding carboxylic acids is 2. The molecule has 1 aliphatic carbocycles. The van der Waals surface area contributed by atoms with Gasteiger partial charge in [0, 0.05) is 19.9 Å². The fourth-order valence-corrected chi connectivity index (χ4v) is 2.70. The number of methoxy groups -OCH3 is 1. The van der Waals surface area contributed by atoms with Gasteiger partial charge in [0.15, 0.2) is 0 Å². The summed E-state index contributed by atoms with van der Waals surface area (Å²) in [6.45, 7) is -0.0635. The average Bonchev–Trinajstić information content (AvgIpc) is 3.61. The summed E-state index contributed by atoms with van der Waals surface area (Å²) in [4.78, 5) is 34.0. The number of nitrogens with one attached hydrogen (secondary N) is 2. The number of rotatable bonds is 6. The number of nitrogen functional groups attached to an aromatic ring is 1. The van der Waals surface area contributed by atoms with E-state index in [1.54, 1.807) is 0 Å². The van der Waals surface area contributed by atoms with Crippen LogP contribution in [0.25, 0.3) is 10.9 Å². The van der Waals surface area contributed by atoms with Gasteiger partial charge >= 0.3 is 18.0 Å². The van der Waals surface area contributed by atoms with Gasteiger partial charge < -0.3 is 20.7 Å². The van der Waals surface area contributed by atoms with Gasteiger partial charge in [-0.3, -0.25) is 19.7 Å². The Bertz CT molecular complexity index is 1130. The predicted octanol–water partition coefficient (Wildman–Crippen LogP) is 2.74. The van der Waals surface area contributed by atoms with Crippen LogP contribution in [0.3, 0.4) is 0 Å². The Hall–Kier alpha value is -3.74. The van der Waals surface area contributed by atoms with Crippen LogP contribution in [-0.4, -0.2) is 57.1 Å². The lowest BCUT2D eigenvalue weighted by atomic mass is 10.2.